The fourth-order valence-corrected chi connectivity index (χ4v) is 7.78. The topological polar surface area (TPSA) is 9.23 Å². The van der Waals surface area contributed by atoms with Gasteiger partial charge in [-0.25, -0.2) is 0 Å². The summed E-state index contributed by atoms with van der Waals surface area (Å²) in [6.07, 6.45) is 12.2. The molecule has 1 nitrogen and oxygen atoms in total. The van der Waals surface area contributed by atoms with Crippen LogP contribution in [-0.2, 0) is 10.3 Å². The molecule has 0 spiro atoms. The summed E-state index contributed by atoms with van der Waals surface area (Å²) in [7, 11) is -1.54. The maximum absolute atomic E-state index is 6.31. The molecule has 0 aliphatic rings. The Morgan fingerprint density at radius 1 is 0.727 bits per heavy atom. The van der Waals surface area contributed by atoms with Gasteiger partial charge in [0.1, 0.15) is 0 Å². The van der Waals surface area contributed by atoms with Gasteiger partial charge in [-0.1, -0.05) is 125 Å². The van der Waals surface area contributed by atoms with Crippen molar-refractivity contribution < 1.29 is 3.87 Å². The van der Waals surface area contributed by atoms with Gasteiger partial charge in [-0.15, -0.1) is 0 Å². The van der Waals surface area contributed by atoms with Gasteiger partial charge in [0.2, 0.25) is 8.32 Å². The molecule has 0 aromatic heterocycles. The van der Waals surface area contributed by atoms with Crippen LogP contribution in [0.3, 0.4) is 0 Å². The fourth-order valence-electron chi connectivity index (χ4n) is 4.42. The Balaban J connectivity index is 1.36. The van der Waals surface area contributed by atoms with E-state index in [9.17, 15) is 0 Å². The molecule has 178 valence electrons. The van der Waals surface area contributed by atoms with Gasteiger partial charge in [0.05, 0.1) is 0 Å². The summed E-state index contributed by atoms with van der Waals surface area (Å²) < 4.78 is 6.31. The zero-order valence-electron chi connectivity index (χ0n) is 20.9. The van der Waals surface area contributed by atoms with E-state index in [4.69, 9.17) is 3.87 Å². The van der Waals surface area contributed by atoms with Crippen molar-refractivity contribution in [1.82, 2.24) is 0 Å². The number of hydrogen-bond acceptors (Lipinski definition) is 2. The largest absolute Gasteiger partial charge is 0.357 e. The highest BCUT2D eigenvalue weighted by Gasteiger charge is 2.22. The van der Waals surface area contributed by atoms with E-state index in [-0.39, 0.29) is 0 Å². The second kappa shape index (κ2) is 14.0. The first-order valence-electron chi connectivity index (χ1n) is 13.0. The van der Waals surface area contributed by atoms with Crippen LogP contribution in [0, 0.1) is 0 Å². The van der Waals surface area contributed by atoms with Crippen LogP contribution in [0.4, 0.5) is 0 Å². The summed E-state index contributed by atoms with van der Waals surface area (Å²) in [6.45, 7) is 7.04. The zero-order chi connectivity index (χ0) is 23.4. The van der Waals surface area contributed by atoms with Crippen molar-refractivity contribution in [1.29, 1.82) is 0 Å². The minimum Gasteiger partial charge on any atom is -0.357 e. The van der Waals surface area contributed by atoms with E-state index in [2.05, 4.69) is 86.7 Å². The van der Waals surface area contributed by atoms with Gasteiger partial charge in [0.25, 0.3) is 0 Å². The smallest absolute Gasteiger partial charge is 0.205 e. The van der Waals surface area contributed by atoms with Gasteiger partial charge in [-0.3, -0.25) is 0 Å². The molecule has 0 saturated heterocycles. The van der Waals surface area contributed by atoms with Crippen molar-refractivity contribution in [2.75, 3.05) is 5.75 Å². The Kier molecular flexibility index (Phi) is 11.0. The first kappa shape index (κ1) is 26.1. The Morgan fingerprint density at radius 3 is 2.15 bits per heavy atom. The highest BCUT2D eigenvalue weighted by atomic mass is 32.2. The maximum Gasteiger partial charge on any atom is 0.205 e. The van der Waals surface area contributed by atoms with E-state index in [1.54, 1.807) is 12.0 Å². The summed E-state index contributed by atoms with van der Waals surface area (Å²) in [4.78, 5) is 0. The molecule has 0 N–H and O–H groups in total. The van der Waals surface area contributed by atoms with E-state index in [0.717, 1.165) is 12.2 Å². The molecule has 3 heteroatoms. The summed E-state index contributed by atoms with van der Waals surface area (Å²) in [5.41, 5.74) is 3.99. The third kappa shape index (κ3) is 8.96. The van der Waals surface area contributed by atoms with E-state index >= 15 is 0 Å². The molecule has 0 heterocycles. The maximum atomic E-state index is 6.31. The lowest BCUT2D eigenvalue weighted by atomic mass is 9.97. The number of benzene rings is 3. The van der Waals surface area contributed by atoms with Crippen molar-refractivity contribution in [3.63, 3.8) is 0 Å². The summed E-state index contributed by atoms with van der Waals surface area (Å²) in [5, 5.41) is 2.62. The molecule has 3 aromatic carbocycles. The van der Waals surface area contributed by atoms with Crippen molar-refractivity contribution >= 4 is 31.1 Å². The first-order valence-corrected chi connectivity index (χ1v) is 17.0. The van der Waals surface area contributed by atoms with E-state index in [1.165, 1.54) is 84.9 Å². The van der Waals surface area contributed by atoms with Crippen molar-refractivity contribution in [2.45, 2.75) is 83.8 Å². The second-order valence-electron chi connectivity index (χ2n) is 9.86. The molecular formula is C30H42OSSi. The quantitative estimate of drug-likeness (QED) is 0.122. The average Bonchev–Trinajstić information content (AvgIpc) is 2.83. The van der Waals surface area contributed by atoms with Crippen LogP contribution in [-0.4, -0.2) is 14.1 Å². The fraction of sp³-hybridized carbons (Fsp3) is 0.467. The van der Waals surface area contributed by atoms with Gasteiger partial charge in [0.15, 0.2) is 0 Å². The van der Waals surface area contributed by atoms with Crippen LogP contribution in [0.1, 0.15) is 63.9 Å². The molecule has 3 aromatic rings. The van der Waals surface area contributed by atoms with Crippen LogP contribution in [0.2, 0.25) is 19.1 Å². The van der Waals surface area contributed by atoms with Crippen LogP contribution in [0.25, 0.3) is 21.9 Å². The van der Waals surface area contributed by atoms with Gasteiger partial charge in [0, 0.05) is 5.75 Å². The van der Waals surface area contributed by atoms with Gasteiger partial charge in [-0.2, -0.15) is 0 Å². The van der Waals surface area contributed by atoms with Crippen LogP contribution in [0.5, 0.6) is 0 Å². The average molecular weight is 479 g/mol. The summed E-state index contributed by atoms with van der Waals surface area (Å²) >= 11 is 1.70. The number of unbranched alkanes of at least 4 members (excludes halogenated alkanes) is 7. The third-order valence-corrected chi connectivity index (χ3v) is 10.7. The molecule has 0 unspecified atom stereocenters. The molecule has 0 saturated carbocycles. The van der Waals surface area contributed by atoms with Gasteiger partial charge < -0.3 is 3.87 Å². The van der Waals surface area contributed by atoms with Crippen LogP contribution >= 0.6 is 12.0 Å². The number of hydrogen-bond donors (Lipinski definition) is 0. The number of aryl methyl sites for hydroxylation is 1. The molecule has 3 rings (SSSR count). The highest BCUT2D eigenvalue weighted by molar-refractivity contribution is 7.95. The minimum absolute atomic E-state index is 1.03. The van der Waals surface area contributed by atoms with E-state index in [1.807, 2.05) is 0 Å². The van der Waals surface area contributed by atoms with Crippen molar-refractivity contribution in [3.8, 4) is 11.1 Å². The molecule has 33 heavy (non-hydrogen) atoms. The van der Waals surface area contributed by atoms with Gasteiger partial charge in [-0.05, 0) is 65.1 Å². The predicted molar refractivity (Wildman–Crippen MR) is 152 cm³/mol. The molecule has 0 bridgehead atoms. The number of rotatable bonds is 15. The highest BCUT2D eigenvalue weighted by Crippen LogP contribution is 2.29. The lowest BCUT2D eigenvalue weighted by Crippen LogP contribution is -2.27. The van der Waals surface area contributed by atoms with E-state index in [0.29, 0.717) is 0 Å². The molecular weight excluding hydrogens is 436 g/mol. The monoisotopic (exact) mass is 478 g/mol. The predicted octanol–water partition coefficient (Wildman–Crippen LogP) is 10.1. The third-order valence-electron chi connectivity index (χ3n) is 6.45. The molecule has 0 fully saturated rings. The summed E-state index contributed by atoms with van der Waals surface area (Å²) in [5.74, 6) is 1.03. The first-order chi connectivity index (χ1) is 16.1. The van der Waals surface area contributed by atoms with E-state index < -0.39 is 8.32 Å². The minimum atomic E-state index is -1.54. The Hall–Kier alpha value is -1.55. The molecule has 0 amide bonds. The number of fused-ring (bicyclic) bond motifs is 1. The SMILES string of the molecule is CCCCCCCCCC[Si](C)(C)OSCCc1ccc(-c2cccc3ccccc23)cc1. The normalized spacial score (nSPS) is 11.8. The standard InChI is InChI=1S/C30H42OSSi/c1-4-5-6-7-8-9-10-13-25-33(2,3)31-32-24-23-26-19-21-28(22-20-26)30-18-14-16-27-15-11-12-17-29(27)30/h11-12,14-22H,4-10,13,23-25H2,1-3H3. The summed E-state index contributed by atoms with van der Waals surface area (Å²) in [6, 6.07) is 25.6. The van der Waals surface area contributed by atoms with Crippen molar-refractivity contribution in [3.05, 3.63) is 72.3 Å². The zero-order valence-corrected chi connectivity index (χ0v) is 22.8. The Bertz CT molecular complexity index is 946. The second-order valence-corrected chi connectivity index (χ2v) is 15.2. The van der Waals surface area contributed by atoms with Crippen LogP contribution < -0.4 is 0 Å². The lowest BCUT2D eigenvalue weighted by Gasteiger charge is -2.21. The van der Waals surface area contributed by atoms with Crippen molar-refractivity contribution in [2.24, 2.45) is 0 Å². The molecule has 0 aliphatic heterocycles. The lowest BCUT2D eigenvalue weighted by molar-refractivity contribution is 0.572. The molecule has 0 aliphatic carbocycles. The Morgan fingerprint density at radius 2 is 1.39 bits per heavy atom. The molecule has 0 atom stereocenters. The molecule has 0 radical (unpaired) electrons. The Labute approximate surface area is 207 Å². The van der Waals surface area contributed by atoms with Crippen LogP contribution in [0.15, 0.2) is 66.7 Å². The van der Waals surface area contributed by atoms with Gasteiger partial charge >= 0.3 is 0 Å².